The minimum atomic E-state index is 0.432. The van der Waals surface area contributed by atoms with Crippen LogP contribution in [0, 0.1) is 11.8 Å². The van der Waals surface area contributed by atoms with Crippen LogP contribution in [-0.4, -0.2) is 49.6 Å². The van der Waals surface area contributed by atoms with Gasteiger partial charge in [-0.25, -0.2) is 0 Å². The van der Waals surface area contributed by atoms with Gasteiger partial charge in [0.25, 0.3) is 0 Å². The van der Waals surface area contributed by atoms with Gasteiger partial charge in [0.1, 0.15) is 0 Å². The van der Waals surface area contributed by atoms with Gasteiger partial charge in [-0.2, -0.15) is 0 Å². The van der Waals surface area contributed by atoms with Crippen molar-refractivity contribution in [1.29, 1.82) is 0 Å². The van der Waals surface area contributed by atoms with Crippen LogP contribution in [0.15, 0.2) is 11.4 Å². The Bertz CT molecular complexity index is 441. The lowest BCUT2D eigenvalue weighted by Crippen LogP contribution is -2.31. The highest BCUT2D eigenvalue weighted by atomic mass is 32.1. The molecule has 1 saturated heterocycles. The van der Waals surface area contributed by atoms with E-state index in [1.165, 1.54) is 24.4 Å². The molecule has 1 fully saturated rings. The van der Waals surface area contributed by atoms with Crippen LogP contribution in [0.4, 0.5) is 0 Å². The van der Waals surface area contributed by atoms with Crippen LogP contribution in [0.5, 0.6) is 0 Å². The molecule has 1 unspecified atom stereocenters. The maximum absolute atomic E-state index is 5.38. The fourth-order valence-corrected chi connectivity index (χ4v) is 3.14. The van der Waals surface area contributed by atoms with E-state index in [9.17, 15) is 0 Å². The van der Waals surface area contributed by atoms with Crippen molar-refractivity contribution >= 4 is 11.3 Å². The number of rotatable bonds is 3. The van der Waals surface area contributed by atoms with Gasteiger partial charge in [0.2, 0.25) is 0 Å². The van der Waals surface area contributed by atoms with Gasteiger partial charge in [0.15, 0.2) is 0 Å². The monoisotopic (exact) mass is 263 g/mol. The van der Waals surface area contributed by atoms with E-state index in [1.807, 2.05) is 0 Å². The highest BCUT2D eigenvalue weighted by Crippen LogP contribution is 2.20. The number of hydrogen-bond acceptors (Lipinski definition) is 4. The van der Waals surface area contributed by atoms with Crippen LogP contribution < -0.4 is 5.73 Å². The summed E-state index contributed by atoms with van der Waals surface area (Å²) in [6.07, 6.45) is 1.28. The maximum atomic E-state index is 5.38. The van der Waals surface area contributed by atoms with Gasteiger partial charge in [-0.15, -0.1) is 11.3 Å². The zero-order valence-corrected chi connectivity index (χ0v) is 12.0. The minimum Gasteiger partial charge on any atom is -0.320 e. The molecule has 2 N–H and O–H groups in total. The van der Waals surface area contributed by atoms with Crippen molar-refractivity contribution < 1.29 is 0 Å². The number of thiophene rings is 1. The summed E-state index contributed by atoms with van der Waals surface area (Å²) in [5.41, 5.74) is 6.48. The van der Waals surface area contributed by atoms with Gasteiger partial charge in [-0.05, 0) is 26.6 Å². The zero-order chi connectivity index (χ0) is 13.0. The molecule has 2 heterocycles. The number of nitrogens with two attached hydrogens (primary N) is 1. The van der Waals surface area contributed by atoms with Gasteiger partial charge < -0.3 is 10.6 Å². The van der Waals surface area contributed by atoms with E-state index in [4.69, 9.17) is 5.73 Å². The summed E-state index contributed by atoms with van der Waals surface area (Å²) in [5, 5.41) is 2.12. The average Bonchev–Trinajstić information content (AvgIpc) is 2.96. The van der Waals surface area contributed by atoms with E-state index in [0.29, 0.717) is 12.6 Å². The van der Waals surface area contributed by atoms with Gasteiger partial charge >= 0.3 is 0 Å². The Morgan fingerprint density at radius 3 is 3.06 bits per heavy atom. The van der Waals surface area contributed by atoms with Crippen LogP contribution >= 0.6 is 11.3 Å². The largest absolute Gasteiger partial charge is 0.320 e. The summed E-state index contributed by atoms with van der Waals surface area (Å²) in [5.74, 6) is 5.98. The second-order valence-electron chi connectivity index (χ2n) is 4.95. The molecule has 1 aromatic rings. The Morgan fingerprint density at radius 2 is 2.39 bits per heavy atom. The molecule has 1 atom stereocenters. The number of hydrogen-bond donors (Lipinski definition) is 1. The normalized spacial score (nSPS) is 20.1. The summed E-state index contributed by atoms with van der Waals surface area (Å²) in [7, 11) is 4.33. The zero-order valence-electron chi connectivity index (χ0n) is 11.1. The Hall–Kier alpha value is -0.860. The molecule has 1 aliphatic heterocycles. The van der Waals surface area contributed by atoms with E-state index in [2.05, 4.69) is 47.2 Å². The summed E-state index contributed by atoms with van der Waals surface area (Å²) in [4.78, 5) is 6.25. The first-order valence-electron chi connectivity index (χ1n) is 6.34. The number of nitrogens with zero attached hydrogens (tertiary/aromatic N) is 2. The van der Waals surface area contributed by atoms with Crippen LogP contribution in [0.1, 0.15) is 16.9 Å². The third-order valence-electron chi connectivity index (χ3n) is 3.35. The average molecular weight is 263 g/mol. The molecule has 2 rings (SSSR count). The lowest BCUT2D eigenvalue weighted by Gasteiger charge is -2.19. The molecular formula is C14H21N3S. The first-order chi connectivity index (χ1) is 8.69. The summed E-state index contributed by atoms with van der Waals surface area (Å²) >= 11 is 1.80. The van der Waals surface area contributed by atoms with Crippen molar-refractivity contribution in [2.45, 2.75) is 19.0 Å². The maximum Gasteiger partial charge on any atom is 0.0555 e. The molecule has 0 spiro atoms. The standard InChI is InChI=1S/C14H21N3S/c1-16(2)13-5-7-17(9-13)10-14-8-12(11-18-14)4-3-6-15/h8,11,13H,5-7,9-10,15H2,1-2H3. The third kappa shape index (κ3) is 3.56. The molecule has 98 valence electrons. The van der Waals surface area contributed by atoms with Crippen molar-refractivity contribution in [1.82, 2.24) is 9.80 Å². The first-order valence-corrected chi connectivity index (χ1v) is 7.22. The molecule has 0 radical (unpaired) electrons. The lowest BCUT2D eigenvalue weighted by atomic mass is 10.2. The molecule has 0 aromatic carbocycles. The molecule has 1 aliphatic rings. The van der Waals surface area contributed by atoms with E-state index >= 15 is 0 Å². The van der Waals surface area contributed by atoms with Crippen molar-refractivity contribution in [3.05, 3.63) is 21.9 Å². The fourth-order valence-electron chi connectivity index (χ4n) is 2.28. The van der Waals surface area contributed by atoms with Crippen LogP contribution in [0.2, 0.25) is 0 Å². The molecule has 18 heavy (non-hydrogen) atoms. The fraction of sp³-hybridized carbons (Fsp3) is 0.571. The molecule has 0 aliphatic carbocycles. The molecular weight excluding hydrogens is 242 g/mol. The highest BCUT2D eigenvalue weighted by Gasteiger charge is 2.23. The third-order valence-corrected chi connectivity index (χ3v) is 4.27. The topological polar surface area (TPSA) is 32.5 Å². The van der Waals surface area contributed by atoms with Crippen molar-refractivity contribution in [3.63, 3.8) is 0 Å². The van der Waals surface area contributed by atoms with E-state index in [0.717, 1.165) is 12.1 Å². The number of likely N-dealkylation sites (N-methyl/N-ethyl adjacent to an activating group) is 1. The molecule has 4 heteroatoms. The van der Waals surface area contributed by atoms with Gasteiger partial charge in [-0.1, -0.05) is 11.8 Å². The van der Waals surface area contributed by atoms with Gasteiger partial charge in [0.05, 0.1) is 6.54 Å². The second-order valence-corrected chi connectivity index (χ2v) is 5.94. The minimum absolute atomic E-state index is 0.432. The van der Waals surface area contributed by atoms with Crippen LogP contribution in [-0.2, 0) is 6.54 Å². The van der Waals surface area contributed by atoms with Crippen molar-refractivity contribution in [3.8, 4) is 11.8 Å². The lowest BCUT2D eigenvalue weighted by molar-refractivity contribution is 0.266. The number of likely N-dealkylation sites (tertiary alicyclic amines) is 1. The predicted octanol–water partition coefficient (Wildman–Crippen LogP) is 1.19. The Kier molecular flexibility index (Phi) is 4.79. The second kappa shape index (κ2) is 6.35. The predicted molar refractivity (Wildman–Crippen MR) is 77.6 cm³/mol. The molecule has 0 saturated carbocycles. The summed E-state index contributed by atoms with van der Waals surface area (Å²) in [6, 6.07) is 2.90. The van der Waals surface area contributed by atoms with Crippen molar-refractivity contribution in [2.75, 3.05) is 33.7 Å². The molecule has 0 amide bonds. The van der Waals surface area contributed by atoms with Crippen molar-refractivity contribution in [2.24, 2.45) is 5.73 Å². The van der Waals surface area contributed by atoms with E-state index < -0.39 is 0 Å². The molecule has 3 nitrogen and oxygen atoms in total. The van der Waals surface area contributed by atoms with E-state index in [1.54, 1.807) is 11.3 Å². The Labute approximate surface area is 114 Å². The Balaban J connectivity index is 1.89. The smallest absolute Gasteiger partial charge is 0.0555 e. The Morgan fingerprint density at radius 1 is 1.56 bits per heavy atom. The van der Waals surface area contributed by atoms with Crippen LogP contribution in [0.25, 0.3) is 0 Å². The van der Waals surface area contributed by atoms with Gasteiger partial charge in [0, 0.05) is 41.5 Å². The molecule has 1 aromatic heterocycles. The quantitative estimate of drug-likeness (QED) is 0.832. The SMILES string of the molecule is CN(C)C1CCN(Cc2cc(C#CCN)cs2)C1. The highest BCUT2D eigenvalue weighted by molar-refractivity contribution is 7.10. The van der Waals surface area contributed by atoms with Crippen LogP contribution in [0.3, 0.4) is 0 Å². The molecule has 0 bridgehead atoms. The summed E-state index contributed by atoms with van der Waals surface area (Å²) in [6.45, 7) is 3.86. The first kappa shape index (κ1) is 13.6. The summed E-state index contributed by atoms with van der Waals surface area (Å²) < 4.78 is 0. The van der Waals surface area contributed by atoms with E-state index in [-0.39, 0.29) is 0 Å². The van der Waals surface area contributed by atoms with Gasteiger partial charge in [-0.3, -0.25) is 4.90 Å².